The fraction of sp³-hybridized carbons (Fsp3) is 0.632. The highest BCUT2D eigenvalue weighted by atomic mass is 16.5. The second-order valence-corrected chi connectivity index (χ2v) is 6.23. The van der Waals surface area contributed by atoms with Gasteiger partial charge in [-0.15, -0.1) is 0 Å². The molecule has 1 aliphatic rings. The molecule has 2 rings (SSSR count). The van der Waals surface area contributed by atoms with E-state index in [0.717, 1.165) is 51.0 Å². The van der Waals surface area contributed by atoms with E-state index in [0.29, 0.717) is 12.0 Å². The van der Waals surface area contributed by atoms with E-state index in [1.54, 1.807) is 0 Å². The Morgan fingerprint density at radius 1 is 1.12 bits per heavy atom. The molecule has 0 aromatic heterocycles. The maximum Gasteiger partial charge on any atom is 0.191 e. The van der Waals surface area contributed by atoms with Crippen molar-refractivity contribution < 1.29 is 9.47 Å². The molecule has 2 N–H and O–H groups in total. The number of hydrogen-bond acceptors (Lipinski definition) is 3. The molecule has 0 saturated heterocycles. The van der Waals surface area contributed by atoms with Crippen molar-refractivity contribution in [3.8, 4) is 5.75 Å². The third-order valence-corrected chi connectivity index (χ3v) is 4.26. The van der Waals surface area contributed by atoms with E-state index in [-0.39, 0.29) is 0 Å². The summed E-state index contributed by atoms with van der Waals surface area (Å²) in [6, 6.07) is 9.88. The molecule has 0 amide bonds. The Morgan fingerprint density at radius 2 is 1.92 bits per heavy atom. The quantitative estimate of drug-likeness (QED) is 0.371. The molecule has 5 heteroatoms. The third kappa shape index (κ3) is 6.79. The minimum atomic E-state index is 0.373. The van der Waals surface area contributed by atoms with E-state index in [9.17, 15) is 0 Å². The molecule has 0 heterocycles. The number of nitrogens with zero attached hydrogens (tertiary/aromatic N) is 1. The second kappa shape index (κ2) is 10.2. The topological polar surface area (TPSA) is 54.9 Å². The van der Waals surface area contributed by atoms with Crippen LogP contribution in [-0.2, 0) is 4.74 Å². The molecule has 0 spiro atoms. The second-order valence-electron chi connectivity index (χ2n) is 6.23. The van der Waals surface area contributed by atoms with Gasteiger partial charge in [0.2, 0.25) is 0 Å². The number of para-hydroxylation sites is 1. The molecule has 1 aromatic carbocycles. The zero-order valence-corrected chi connectivity index (χ0v) is 15.0. The van der Waals surface area contributed by atoms with Gasteiger partial charge in [0.25, 0.3) is 0 Å². The lowest BCUT2D eigenvalue weighted by Crippen LogP contribution is -2.39. The SMILES string of the molecule is CCNC(=NCC1(CCOCC)CC1)NCCOc1ccccc1. The van der Waals surface area contributed by atoms with Gasteiger partial charge in [-0.05, 0) is 50.7 Å². The molecule has 0 unspecified atom stereocenters. The highest BCUT2D eigenvalue weighted by Gasteiger charge is 2.41. The zero-order chi connectivity index (χ0) is 17.1. The first-order valence-corrected chi connectivity index (χ1v) is 9.06. The fourth-order valence-corrected chi connectivity index (χ4v) is 2.54. The van der Waals surface area contributed by atoms with Gasteiger partial charge in [0.15, 0.2) is 5.96 Å². The van der Waals surface area contributed by atoms with Gasteiger partial charge >= 0.3 is 0 Å². The molecule has 24 heavy (non-hydrogen) atoms. The summed E-state index contributed by atoms with van der Waals surface area (Å²) in [5, 5.41) is 6.64. The Labute approximate surface area is 145 Å². The van der Waals surface area contributed by atoms with Crippen LogP contribution < -0.4 is 15.4 Å². The van der Waals surface area contributed by atoms with Gasteiger partial charge in [0, 0.05) is 26.3 Å². The van der Waals surface area contributed by atoms with Crippen LogP contribution in [0.25, 0.3) is 0 Å². The lowest BCUT2D eigenvalue weighted by molar-refractivity contribution is 0.129. The highest BCUT2D eigenvalue weighted by molar-refractivity contribution is 5.79. The van der Waals surface area contributed by atoms with E-state index in [1.165, 1.54) is 12.8 Å². The van der Waals surface area contributed by atoms with E-state index in [1.807, 2.05) is 37.3 Å². The Balaban J connectivity index is 1.70. The van der Waals surface area contributed by atoms with Crippen molar-refractivity contribution in [3.05, 3.63) is 30.3 Å². The molecule has 1 aromatic rings. The van der Waals surface area contributed by atoms with Crippen molar-refractivity contribution in [1.29, 1.82) is 0 Å². The van der Waals surface area contributed by atoms with Gasteiger partial charge in [-0.1, -0.05) is 18.2 Å². The number of benzene rings is 1. The van der Waals surface area contributed by atoms with Crippen molar-refractivity contribution in [3.63, 3.8) is 0 Å². The van der Waals surface area contributed by atoms with E-state index in [4.69, 9.17) is 14.5 Å². The zero-order valence-electron chi connectivity index (χ0n) is 15.0. The van der Waals surface area contributed by atoms with Crippen LogP contribution in [0.5, 0.6) is 5.75 Å². The van der Waals surface area contributed by atoms with Crippen LogP contribution >= 0.6 is 0 Å². The van der Waals surface area contributed by atoms with Crippen LogP contribution in [0.1, 0.15) is 33.1 Å². The summed E-state index contributed by atoms with van der Waals surface area (Å²) in [6.07, 6.45) is 3.64. The monoisotopic (exact) mass is 333 g/mol. The summed E-state index contributed by atoms with van der Waals surface area (Å²) in [5.41, 5.74) is 0.373. The highest BCUT2D eigenvalue weighted by Crippen LogP contribution is 2.48. The van der Waals surface area contributed by atoms with Gasteiger partial charge in [-0.3, -0.25) is 4.99 Å². The van der Waals surface area contributed by atoms with E-state index >= 15 is 0 Å². The molecule has 1 fully saturated rings. The molecule has 0 atom stereocenters. The average Bonchev–Trinajstić information content (AvgIpc) is 3.38. The number of rotatable bonds is 11. The summed E-state index contributed by atoms with van der Waals surface area (Å²) in [6.45, 7) is 8.84. The van der Waals surface area contributed by atoms with Crippen LogP contribution in [0.15, 0.2) is 35.3 Å². The van der Waals surface area contributed by atoms with Crippen LogP contribution in [0.3, 0.4) is 0 Å². The Kier molecular flexibility index (Phi) is 7.89. The average molecular weight is 333 g/mol. The smallest absolute Gasteiger partial charge is 0.191 e. The predicted octanol–water partition coefficient (Wildman–Crippen LogP) is 2.83. The number of aliphatic imine (C=N–C) groups is 1. The van der Waals surface area contributed by atoms with Gasteiger partial charge in [0.1, 0.15) is 12.4 Å². The summed E-state index contributed by atoms with van der Waals surface area (Å²) in [5.74, 6) is 1.77. The summed E-state index contributed by atoms with van der Waals surface area (Å²) in [4.78, 5) is 4.75. The van der Waals surface area contributed by atoms with Crippen LogP contribution in [0.2, 0.25) is 0 Å². The number of ether oxygens (including phenoxy) is 2. The molecular formula is C19H31N3O2. The minimum Gasteiger partial charge on any atom is -0.492 e. The maximum absolute atomic E-state index is 5.70. The molecule has 1 aliphatic carbocycles. The van der Waals surface area contributed by atoms with Crippen molar-refractivity contribution in [2.24, 2.45) is 10.4 Å². The van der Waals surface area contributed by atoms with Gasteiger partial charge in [-0.2, -0.15) is 0 Å². The van der Waals surface area contributed by atoms with Crippen LogP contribution in [0, 0.1) is 5.41 Å². The third-order valence-electron chi connectivity index (χ3n) is 4.26. The largest absolute Gasteiger partial charge is 0.492 e. The van der Waals surface area contributed by atoms with Crippen LogP contribution in [-0.4, -0.2) is 45.4 Å². The van der Waals surface area contributed by atoms with Gasteiger partial charge in [0.05, 0.1) is 6.54 Å². The lowest BCUT2D eigenvalue weighted by atomic mass is 10.0. The summed E-state index contributed by atoms with van der Waals surface area (Å²) >= 11 is 0. The van der Waals surface area contributed by atoms with Crippen LogP contribution in [0.4, 0.5) is 0 Å². The Morgan fingerprint density at radius 3 is 2.58 bits per heavy atom. The maximum atomic E-state index is 5.70. The summed E-state index contributed by atoms with van der Waals surface area (Å²) < 4.78 is 11.2. The number of hydrogen-bond donors (Lipinski definition) is 2. The fourth-order valence-electron chi connectivity index (χ4n) is 2.54. The normalized spacial score (nSPS) is 15.8. The van der Waals surface area contributed by atoms with Crippen molar-refractivity contribution >= 4 is 5.96 Å². The lowest BCUT2D eigenvalue weighted by Gasteiger charge is -2.15. The predicted molar refractivity (Wildman–Crippen MR) is 98.7 cm³/mol. The molecule has 0 bridgehead atoms. The first kappa shape index (κ1) is 18.6. The Bertz CT molecular complexity index is 487. The molecule has 1 saturated carbocycles. The van der Waals surface area contributed by atoms with Gasteiger partial charge in [-0.25, -0.2) is 0 Å². The molecule has 0 radical (unpaired) electrons. The molecule has 0 aliphatic heterocycles. The minimum absolute atomic E-state index is 0.373. The Hall–Kier alpha value is -1.75. The van der Waals surface area contributed by atoms with Crippen molar-refractivity contribution in [2.45, 2.75) is 33.1 Å². The first-order chi connectivity index (χ1) is 11.8. The first-order valence-electron chi connectivity index (χ1n) is 9.06. The molecular weight excluding hydrogens is 302 g/mol. The summed E-state index contributed by atoms with van der Waals surface area (Å²) in [7, 11) is 0. The van der Waals surface area contributed by atoms with Crippen molar-refractivity contribution in [1.82, 2.24) is 10.6 Å². The van der Waals surface area contributed by atoms with Crippen molar-refractivity contribution in [2.75, 3.05) is 39.5 Å². The van der Waals surface area contributed by atoms with E-state index < -0.39 is 0 Å². The molecule has 134 valence electrons. The number of guanidine groups is 1. The van der Waals surface area contributed by atoms with E-state index in [2.05, 4.69) is 17.6 Å². The van der Waals surface area contributed by atoms with Gasteiger partial charge < -0.3 is 20.1 Å². The number of nitrogens with one attached hydrogen (secondary N) is 2. The standard InChI is InChI=1S/C19H31N3O2/c1-3-20-18(21-13-15-24-17-8-6-5-7-9-17)22-16-19(10-11-19)12-14-23-4-2/h5-9H,3-4,10-16H2,1-2H3,(H2,20,21,22). The molecule has 5 nitrogen and oxygen atoms in total.